The van der Waals surface area contributed by atoms with Crippen molar-refractivity contribution in [2.75, 3.05) is 17.0 Å². The molecule has 0 spiro atoms. The second-order valence-electron chi connectivity index (χ2n) is 8.55. The molecule has 0 saturated heterocycles. The van der Waals surface area contributed by atoms with Gasteiger partial charge in [-0.25, -0.2) is 4.90 Å². The van der Waals surface area contributed by atoms with Gasteiger partial charge in [0.05, 0.1) is 11.3 Å². The Morgan fingerprint density at radius 2 is 1.48 bits per heavy atom. The van der Waals surface area contributed by atoms with Crippen molar-refractivity contribution < 1.29 is 19.1 Å². The van der Waals surface area contributed by atoms with Crippen LogP contribution in [0.2, 0.25) is 0 Å². The normalized spacial score (nSPS) is 15.0. The number of carbonyl (C=O) groups excluding carboxylic acids is 2. The van der Waals surface area contributed by atoms with E-state index in [1.54, 1.807) is 18.2 Å². The predicted molar refractivity (Wildman–Crippen MR) is 127 cm³/mol. The minimum Gasteiger partial charge on any atom is -0.454 e. The van der Waals surface area contributed by atoms with Crippen molar-refractivity contribution in [1.82, 2.24) is 0 Å². The maximum Gasteiger partial charge on any atom is 0.282 e. The van der Waals surface area contributed by atoms with Crippen LogP contribution in [0, 0.1) is 27.7 Å². The summed E-state index contributed by atoms with van der Waals surface area (Å²) < 4.78 is 10.8. The lowest BCUT2D eigenvalue weighted by atomic mass is 9.97. The molecule has 3 aromatic carbocycles. The topological polar surface area (TPSA) is 67.9 Å². The molecule has 0 saturated carbocycles. The number of ether oxygens (including phenoxy) is 2. The maximum absolute atomic E-state index is 13.7. The molecule has 0 atom stereocenters. The summed E-state index contributed by atoms with van der Waals surface area (Å²) in [5.74, 6) is 0.316. The van der Waals surface area contributed by atoms with Crippen LogP contribution in [-0.2, 0) is 9.59 Å². The van der Waals surface area contributed by atoms with Gasteiger partial charge in [-0.1, -0.05) is 29.8 Å². The molecule has 2 heterocycles. The van der Waals surface area contributed by atoms with Gasteiger partial charge in [-0.05, 0) is 74.2 Å². The molecule has 0 bridgehead atoms. The highest BCUT2D eigenvalue weighted by atomic mass is 16.7. The fraction of sp³-hybridized carbons (Fsp3) is 0.185. The summed E-state index contributed by atoms with van der Waals surface area (Å²) >= 11 is 0. The number of imide groups is 1. The first-order valence-electron chi connectivity index (χ1n) is 10.8. The number of aryl methyl sites for hydroxylation is 4. The van der Waals surface area contributed by atoms with Gasteiger partial charge in [0.1, 0.15) is 5.70 Å². The molecule has 6 nitrogen and oxygen atoms in total. The summed E-state index contributed by atoms with van der Waals surface area (Å²) in [6.45, 7) is 8.06. The van der Waals surface area contributed by atoms with Gasteiger partial charge in [0.25, 0.3) is 11.8 Å². The summed E-state index contributed by atoms with van der Waals surface area (Å²) in [5, 5.41) is 3.26. The molecular weight excluding hydrogens is 416 g/mol. The van der Waals surface area contributed by atoms with Crippen molar-refractivity contribution in [3.63, 3.8) is 0 Å². The first kappa shape index (κ1) is 20.8. The number of hydrogen-bond acceptors (Lipinski definition) is 5. The van der Waals surface area contributed by atoms with Crippen LogP contribution in [0.3, 0.4) is 0 Å². The zero-order valence-corrected chi connectivity index (χ0v) is 19.0. The monoisotopic (exact) mass is 440 g/mol. The quantitative estimate of drug-likeness (QED) is 0.576. The molecule has 33 heavy (non-hydrogen) atoms. The Morgan fingerprint density at radius 3 is 2.21 bits per heavy atom. The lowest BCUT2D eigenvalue weighted by Crippen LogP contribution is -2.32. The fourth-order valence-electron chi connectivity index (χ4n) is 4.44. The molecule has 1 N–H and O–H groups in total. The number of anilines is 2. The van der Waals surface area contributed by atoms with Crippen LogP contribution < -0.4 is 19.7 Å². The molecule has 5 rings (SSSR count). The molecule has 0 radical (unpaired) electrons. The van der Waals surface area contributed by atoms with Crippen LogP contribution >= 0.6 is 0 Å². The Hall–Kier alpha value is -4.06. The molecule has 0 aliphatic carbocycles. The first-order valence-corrected chi connectivity index (χ1v) is 10.8. The van der Waals surface area contributed by atoms with E-state index in [2.05, 4.69) is 11.4 Å². The van der Waals surface area contributed by atoms with E-state index < -0.39 is 5.91 Å². The number of nitrogens with zero attached hydrogens (tertiary/aromatic N) is 1. The molecule has 6 heteroatoms. The van der Waals surface area contributed by atoms with Crippen LogP contribution in [0.25, 0.3) is 5.57 Å². The standard InChI is InChI=1S/C27H24N2O4/c1-15-5-7-21(18(4)10-15)24-25(28-19-11-16(2)9-17(3)12-19)27(31)29(26(24)30)20-6-8-22-23(13-20)33-14-32-22/h5-13,28H,14H2,1-4H3. The van der Waals surface area contributed by atoms with E-state index in [0.29, 0.717) is 22.8 Å². The summed E-state index contributed by atoms with van der Waals surface area (Å²) in [6.07, 6.45) is 0. The Balaban J connectivity index is 1.64. The predicted octanol–water partition coefficient (Wildman–Crippen LogP) is 5.05. The average Bonchev–Trinajstić information content (AvgIpc) is 3.30. The van der Waals surface area contributed by atoms with Crippen LogP contribution in [0.4, 0.5) is 11.4 Å². The van der Waals surface area contributed by atoms with E-state index in [9.17, 15) is 9.59 Å². The van der Waals surface area contributed by atoms with Crippen molar-refractivity contribution in [1.29, 1.82) is 0 Å². The van der Waals surface area contributed by atoms with Gasteiger partial charge in [-0.2, -0.15) is 0 Å². The second-order valence-corrected chi connectivity index (χ2v) is 8.55. The van der Waals surface area contributed by atoms with Gasteiger partial charge in [0, 0.05) is 11.8 Å². The summed E-state index contributed by atoms with van der Waals surface area (Å²) in [5.41, 5.74) is 6.69. The van der Waals surface area contributed by atoms with Gasteiger partial charge >= 0.3 is 0 Å². The summed E-state index contributed by atoms with van der Waals surface area (Å²) in [4.78, 5) is 28.6. The molecule has 2 aliphatic heterocycles. The Morgan fingerprint density at radius 1 is 0.758 bits per heavy atom. The number of amides is 2. The van der Waals surface area contributed by atoms with Crippen molar-refractivity contribution >= 4 is 28.8 Å². The smallest absolute Gasteiger partial charge is 0.282 e. The zero-order valence-electron chi connectivity index (χ0n) is 19.0. The van der Waals surface area contributed by atoms with Crippen molar-refractivity contribution in [3.05, 3.63) is 88.1 Å². The number of carbonyl (C=O) groups is 2. The molecule has 166 valence electrons. The number of benzene rings is 3. The number of fused-ring (bicyclic) bond motifs is 1. The maximum atomic E-state index is 13.7. The Kier molecular flexibility index (Phi) is 4.93. The third kappa shape index (κ3) is 3.63. The molecule has 2 aliphatic rings. The summed E-state index contributed by atoms with van der Waals surface area (Å²) in [7, 11) is 0. The number of rotatable bonds is 4. The molecular formula is C27H24N2O4. The van der Waals surface area contributed by atoms with Gasteiger partial charge < -0.3 is 14.8 Å². The van der Waals surface area contributed by atoms with E-state index in [-0.39, 0.29) is 18.4 Å². The molecule has 0 unspecified atom stereocenters. The fourth-order valence-corrected chi connectivity index (χ4v) is 4.44. The first-order chi connectivity index (χ1) is 15.8. The minimum atomic E-state index is -0.409. The largest absolute Gasteiger partial charge is 0.454 e. The molecule has 0 aromatic heterocycles. The van der Waals surface area contributed by atoms with Crippen molar-refractivity contribution in [2.45, 2.75) is 27.7 Å². The van der Waals surface area contributed by atoms with Crippen molar-refractivity contribution in [3.8, 4) is 11.5 Å². The second kappa shape index (κ2) is 7.81. The van der Waals surface area contributed by atoms with Gasteiger partial charge in [0.15, 0.2) is 11.5 Å². The third-order valence-corrected chi connectivity index (χ3v) is 5.84. The van der Waals surface area contributed by atoms with Crippen LogP contribution in [-0.4, -0.2) is 18.6 Å². The lowest BCUT2D eigenvalue weighted by molar-refractivity contribution is -0.120. The van der Waals surface area contributed by atoms with Gasteiger partial charge in [-0.15, -0.1) is 0 Å². The van der Waals surface area contributed by atoms with Gasteiger partial charge in [-0.3, -0.25) is 9.59 Å². The van der Waals surface area contributed by atoms with E-state index in [0.717, 1.165) is 33.5 Å². The highest BCUT2D eigenvalue weighted by Gasteiger charge is 2.41. The van der Waals surface area contributed by atoms with Gasteiger partial charge in [0.2, 0.25) is 6.79 Å². The van der Waals surface area contributed by atoms with Crippen molar-refractivity contribution in [2.24, 2.45) is 0 Å². The number of nitrogens with one attached hydrogen (secondary N) is 1. The van der Waals surface area contributed by atoms with E-state index >= 15 is 0 Å². The average molecular weight is 440 g/mol. The highest BCUT2D eigenvalue weighted by molar-refractivity contribution is 6.46. The van der Waals surface area contributed by atoms with E-state index in [4.69, 9.17) is 9.47 Å². The van der Waals surface area contributed by atoms with E-state index in [1.165, 1.54) is 4.90 Å². The van der Waals surface area contributed by atoms with Crippen LogP contribution in [0.5, 0.6) is 11.5 Å². The zero-order chi connectivity index (χ0) is 23.3. The Bertz CT molecular complexity index is 1340. The molecule has 2 amide bonds. The molecule has 0 fully saturated rings. The SMILES string of the molecule is Cc1cc(C)cc(NC2=C(c3ccc(C)cc3C)C(=O)N(c3ccc4c(c3)OCO4)C2=O)c1. The highest BCUT2D eigenvalue weighted by Crippen LogP contribution is 2.40. The lowest BCUT2D eigenvalue weighted by Gasteiger charge is -2.16. The number of hydrogen-bond donors (Lipinski definition) is 1. The third-order valence-electron chi connectivity index (χ3n) is 5.84. The Labute approximate surface area is 192 Å². The van der Waals surface area contributed by atoms with Crippen LogP contribution in [0.1, 0.15) is 27.8 Å². The van der Waals surface area contributed by atoms with E-state index in [1.807, 2.05) is 58.0 Å². The minimum absolute atomic E-state index is 0.117. The summed E-state index contributed by atoms with van der Waals surface area (Å²) in [6, 6.07) is 16.9. The molecule has 3 aromatic rings. The van der Waals surface area contributed by atoms with Crippen LogP contribution in [0.15, 0.2) is 60.3 Å².